The highest BCUT2D eigenvalue weighted by Gasteiger charge is 2.06. The van der Waals surface area contributed by atoms with Gasteiger partial charge >= 0.3 is 0 Å². The maximum atomic E-state index is 11.0. The number of hydrogen-bond donors (Lipinski definition) is 2. The van der Waals surface area contributed by atoms with Gasteiger partial charge in [0.05, 0.1) is 12.7 Å². The third kappa shape index (κ3) is 1.62. The van der Waals surface area contributed by atoms with Crippen LogP contribution in [0.15, 0.2) is 12.3 Å². The Morgan fingerprint density at radius 2 is 2.58 bits per heavy atom. The van der Waals surface area contributed by atoms with Crippen LogP contribution in [0.3, 0.4) is 0 Å². The first kappa shape index (κ1) is 8.30. The summed E-state index contributed by atoms with van der Waals surface area (Å²) >= 11 is 0. The molecule has 0 radical (unpaired) electrons. The van der Waals surface area contributed by atoms with Gasteiger partial charge in [-0.15, -0.1) is 0 Å². The third-order valence-electron chi connectivity index (χ3n) is 1.25. The fraction of sp³-hybridized carbons (Fsp3) is 0.143. The van der Waals surface area contributed by atoms with E-state index < -0.39 is 5.91 Å². The first-order valence-corrected chi connectivity index (χ1v) is 3.19. The number of nitrogens with one attached hydrogen (secondary N) is 2. The lowest BCUT2D eigenvalue weighted by Crippen LogP contribution is -2.21. The zero-order valence-corrected chi connectivity index (χ0v) is 6.42. The van der Waals surface area contributed by atoms with Gasteiger partial charge in [-0.1, -0.05) is 0 Å². The predicted molar refractivity (Wildman–Crippen MR) is 40.0 cm³/mol. The molecule has 1 rings (SSSR count). The summed E-state index contributed by atoms with van der Waals surface area (Å²) in [6, 6.07) is 3.33. The third-order valence-corrected chi connectivity index (χ3v) is 1.25. The Bertz CT molecular complexity index is 324. The van der Waals surface area contributed by atoms with Gasteiger partial charge in [-0.05, 0) is 6.07 Å². The number of rotatable bonds is 2. The Morgan fingerprint density at radius 3 is 3.08 bits per heavy atom. The molecule has 0 aromatic carbocycles. The van der Waals surface area contributed by atoms with Gasteiger partial charge in [0.2, 0.25) is 0 Å². The van der Waals surface area contributed by atoms with Crippen LogP contribution in [0.4, 0.5) is 0 Å². The maximum Gasteiger partial charge on any atom is 0.291 e. The van der Waals surface area contributed by atoms with Crippen LogP contribution >= 0.6 is 0 Å². The molecule has 0 aliphatic rings. The predicted octanol–water partition coefficient (Wildman–Crippen LogP) is 0.178. The number of aromatic nitrogens is 1. The summed E-state index contributed by atoms with van der Waals surface area (Å²) in [7, 11) is 1.34. The van der Waals surface area contributed by atoms with Crippen LogP contribution in [-0.4, -0.2) is 18.0 Å². The normalized spacial score (nSPS) is 9.00. The Hall–Kier alpha value is -1.80. The average molecular weight is 165 g/mol. The largest absolute Gasteiger partial charge is 0.356 e. The molecule has 0 aliphatic heterocycles. The van der Waals surface area contributed by atoms with E-state index in [1.807, 2.05) is 6.07 Å². The van der Waals surface area contributed by atoms with Crippen LogP contribution in [0.2, 0.25) is 0 Å². The van der Waals surface area contributed by atoms with Gasteiger partial charge < -0.3 is 4.98 Å². The molecule has 5 heteroatoms. The number of carbonyl (C=O) groups excluding carboxylic acids is 1. The highest BCUT2D eigenvalue weighted by Crippen LogP contribution is 2.00. The summed E-state index contributed by atoms with van der Waals surface area (Å²) in [6.07, 6.45) is 1.45. The lowest BCUT2D eigenvalue weighted by atomic mass is 10.3. The summed E-state index contributed by atoms with van der Waals surface area (Å²) in [5, 5.41) is 8.43. The summed E-state index contributed by atoms with van der Waals surface area (Å²) < 4.78 is 0. The van der Waals surface area contributed by atoms with Crippen molar-refractivity contribution in [2.45, 2.75) is 0 Å². The quantitative estimate of drug-likeness (QED) is 0.613. The fourth-order valence-electron chi connectivity index (χ4n) is 0.738. The molecule has 1 aromatic rings. The van der Waals surface area contributed by atoms with Gasteiger partial charge in [0.1, 0.15) is 11.8 Å². The van der Waals surface area contributed by atoms with Crippen molar-refractivity contribution in [3.63, 3.8) is 0 Å². The van der Waals surface area contributed by atoms with E-state index in [9.17, 15) is 4.79 Å². The van der Waals surface area contributed by atoms with E-state index in [0.717, 1.165) is 0 Å². The Labute approximate surface area is 68.9 Å². The van der Waals surface area contributed by atoms with Crippen molar-refractivity contribution in [3.05, 3.63) is 23.5 Å². The minimum Gasteiger partial charge on any atom is -0.356 e. The number of amides is 1. The number of aromatic amines is 1. The van der Waals surface area contributed by atoms with Crippen LogP contribution in [-0.2, 0) is 4.84 Å². The van der Waals surface area contributed by atoms with Crippen molar-refractivity contribution in [1.29, 1.82) is 5.26 Å². The molecule has 1 amide bonds. The number of carbonyl (C=O) groups is 1. The molecular weight excluding hydrogens is 158 g/mol. The molecule has 12 heavy (non-hydrogen) atoms. The Morgan fingerprint density at radius 1 is 1.83 bits per heavy atom. The topological polar surface area (TPSA) is 77.9 Å². The van der Waals surface area contributed by atoms with Gasteiger partial charge in [-0.25, -0.2) is 5.48 Å². The minimum atomic E-state index is -0.404. The van der Waals surface area contributed by atoms with Crippen molar-refractivity contribution in [3.8, 4) is 6.07 Å². The second kappa shape index (κ2) is 3.55. The molecular formula is C7H7N3O2. The van der Waals surface area contributed by atoms with Crippen molar-refractivity contribution >= 4 is 5.91 Å². The molecule has 0 saturated carbocycles. The first-order valence-electron chi connectivity index (χ1n) is 3.19. The first-order chi connectivity index (χ1) is 5.77. The monoisotopic (exact) mass is 165 g/mol. The molecule has 5 nitrogen and oxygen atoms in total. The highest BCUT2D eigenvalue weighted by atomic mass is 16.6. The molecule has 2 N–H and O–H groups in total. The number of H-pyrrole nitrogens is 1. The number of nitriles is 1. The SMILES string of the molecule is CONC(=O)c1cc(C#N)c[nH]1. The molecule has 0 unspecified atom stereocenters. The molecule has 0 fully saturated rings. The smallest absolute Gasteiger partial charge is 0.291 e. The van der Waals surface area contributed by atoms with E-state index in [1.165, 1.54) is 19.4 Å². The van der Waals surface area contributed by atoms with Gasteiger partial charge in [-0.3, -0.25) is 9.63 Å². The summed E-state index contributed by atoms with van der Waals surface area (Å²) in [4.78, 5) is 18.0. The van der Waals surface area contributed by atoms with E-state index in [1.54, 1.807) is 0 Å². The van der Waals surface area contributed by atoms with E-state index in [4.69, 9.17) is 5.26 Å². The Kier molecular flexibility index (Phi) is 2.46. The standard InChI is InChI=1S/C7H7N3O2/c1-12-10-7(11)6-2-5(3-8)4-9-6/h2,4,9H,1H3,(H,10,11). The van der Waals surface area contributed by atoms with Crippen LogP contribution in [0.25, 0.3) is 0 Å². The molecule has 0 atom stereocenters. The minimum absolute atomic E-state index is 0.299. The molecule has 62 valence electrons. The zero-order valence-electron chi connectivity index (χ0n) is 6.42. The Balaban J connectivity index is 2.76. The van der Waals surface area contributed by atoms with Crippen LogP contribution in [0.5, 0.6) is 0 Å². The molecule has 0 spiro atoms. The van der Waals surface area contributed by atoms with Gasteiger partial charge in [-0.2, -0.15) is 5.26 Å². The van der Waals surface area contributed by atoms with Crippen molar-refractivity contribution in [2.24, 2.45) is 0 Å². The van der Waals surface area contributed by atoms with Crippen LogP contribution in [0.1, 0.15) is 16.1 Å². The lowest BCUT2D eigenvalue weighted by molar-refractivity contribution is 0.0533. The number of hydrogen-bond acceptors (Lipinski definition) is 3. The van der Waals surface area contributed by atoms with Gasteiger partial charge in [0.15, 0.2) is 0 Å². The molecule has 1 aromatic heterocycles. The molecule has 1 heterocycles. The molecule has 0 bridgehead atoms. The zero-order chi connectivity index (χ0) is 8.97. The van der Waals surface area contributed by atoms with Gasteiger partial charge in [0, 0.05) is 6.20 Å². The second-order valence-corrected chi connectivity index (χ2v) is 2.05. The van der Waals surface area contributed by atoms with E-state index in [0.29, 0.717) is 11.3 Å². The molecule has 0 aliphatic carbocycles. The highest BCUT2D eigenvalue weighted by molar-refractivity contribution is 5.91. The second-order valence-electron chi connectivity index (χ2n) is 2.05. The number of nitrogens with zero attached hydrogens (tertiary/aromatic N) is 1. The van der Waals surface area contributed by atoms with Crippen LogP contribution in [0, 0.1) is 11.3 Å². The summed E-state index contributed by atoms with van der Waals surface area (Å²) in [5.41, 5.74) is 2.83. The number of hydroxylamine groups is 1. The van der Waals surface area contributed by atoms with Crippen molar-refractivity contribution < 1.29 is 9.63 Å². The van der Waals surface area contributed by atoms with E-state index in [-0.39, 0.29) is 0 Å². The molecule has 0 saturated heterocycles. The van der Waals surface area contributed by atoms with Crippen molar-refractivity contribution in [2.75, 3.05) is 7.11 Å². The lowest BCUT2D eigenvalue weighted by Gasteiger charge is -1.96. The van der Waals surface area contributed by atoms with E-state index >= 15 is 0 Å². The van der Waals surface area contributed by atoms with Crippen molar-refractivity contribution in [1.82, 2.24) is 10.5 Å². The average Bonchev–Trinajstić information content (AvgIpc) is 2.52. The van der Waals surface area contributed by atoms with E-state index in [2.05, 4.69) is 15.3 Å². The fourth-order valence-corrected chi connectivity index (χ4v) is 0.738. The maximum absolute atomic E-state index is 11.0. The summed E-state index contributed by atoms with van der Waals surface area (Å²) in [6.45, 7) is 0. The van der Waals surface area contributed by atoms with Gasteiger partial charge in [0.25, 0.3) is 5.91 Å². The van der Waals surface area contributed by atoms with Crippen LogP contribution < -0.4 is 5.48 Å². The summed E-state index contributed by atoms with van der Waals surface area (Å²) in [5.74, 6) is -0.404.